The third-order valence-corrected chi connectivity index (χ3v) is 6.35. The van der Waals surface area contributed by atoms with Crippen LogP contribution in [-0.4, -0.2) is 0 Å². The van der Waals surface area contributed by atoms with Crippen LogP contribution < -0.4 is 0 Å². The molecule has 0 aliphatic heterocycles. The molecule has 0 spiro atoms. The molecule has 3 unspecified atom stereocenters. The smallest absolute Gasteiger partial charge is 0.0417 e. The van der Waals surface area contributed by atoms with Crippen molar-refractivity contribution < 1.29 is 0 Å². The fourth-order valence-corrected chi connectivity index (χ4v) is 4.33. The molecule has 0 saturated heterocycles. The number of hydrogen-bond donors (Lipinski definition) is 0. The van der Waals surface area contributed by atoms with Crippen LogP contribution >= 0.6 is 0 Å². The molecule has 0 bridgehead atoms. The van der Waals surface area contributed by atoms with E-state index in [1.165, 1.54) is 109 Å². The van der Waals surface area contributed by atoms with Gasteiger partial charge in [0.1, 0.15) is 0 Å². The lowest BCUT2D eigenvalue weighted by Crippen LogP contribution is -2.03. The first-order chi connectivity index (χ1) is 11.2. The summed E-state index contributed by atoms with van der Waals surface area (Å²) in [5, 5.41) is 0. The van der Waals surface area contributed by atoms with Gasteiger partial charge in [0, 0.05) is 0 Å². The van der Waals surface area contributed by atoms with Crippen molar-refractivity contribution in [2.45, 2.75) is 130 Å². The van der Waals surface area contributed by atoms with Gasteiger partial charge in [-0.2, -0.15) is 0 Å². The molecule has 1 aliphatic carbocycles. The Balaban J connectivity index is 2.29. The van der Waals surface area contributed by atoms with Crippen molar-refractivity contribution in [3.05, 3.63) is 0 Å². The van der Waals surface area contributed by atoms with E-state index >= 15 is 0 Å². The first-order valence-corrected chi connectivity index (χ1v) is 11.2. The molecule has 0 aromatic heterocycles. The van der Waals surface area contributed by atoms with E-state index in [1.54, 1.807) is 0 Å². The van der Waals surface area contributed by atoms with E-state index in [9.17, 15) is 0 Å². The van der Waals surface area contributed by atoms with Crippen LogP contribution in [0.2, 0.25) is 0 Å². The second-order valence-corrected chi connectivity index (χ2v) is 8.75. The molecule has 0 heterocycles. The largest absolute Gasteiger partial charge is 0.0651 e. The van der Waals surface area contributed by atoms with Crippen LogP contribution in [0.15, 0.2) is 0 Å². The zero-order chi connectivity index (χ0) is 16.8. The Hall–Kier alpha value is 0. The van der Waals surface area contributed by atoms with E-state index in [0.717, 1.165) is 17.8 Å². The topological polar surface area (TPSA) is 0 Å². The van der Waals surface area contributed by atoms with Gasteiger partial charge in [-0.15, -0.1) is 0 Å². The first kappa shape index (κ1) is 21.0. The van der Waals surface area contributed by atoms with E-state index in [2.05, 4.69) is 20.8 Å². The maximum Gasteiger partial charge on any atom is -0.0417 e. The highest BCUT2D eigenvalue weighted by molar-refractivity contribution is 4.63. The molecule has 0 amide bonds. The van der Waals surface area contributed by atoms with Crippen LogP contribution in [0.1, 0.15) is 130 Å². The van der Waals surface area contributed by atoms with E-state index in [0.29, 0.717) is 0 Å². The Morgan fingerprint density at radius 1 is 0.478 bits per heavy atom. The van der Waals surface area contributed by atoms with E-state index in [-0.39, 0.29) is 0 Å². The highest BCUT2D eigenvalue weighted by atomic mass is 14.2. The molecular weight excluding hydrogens is 276 g/mol. The Kier molecular flexibility index (Phi) is 13.1. The summed E-state index contributed by atoms with van der Waals surface area (Å²) in [5.74, 6) is 2.95. The summed E-state index contributed by atoms with van der Waals surface area (Å²) >= 11 is 0. The highest BCUT2D eigenvalue weighted by Gasteiger charge is 2.10. The minimum absolute atomic E-state index is 0.964. The molecule has 0 N–H and O–H groups in total. The van der Waals surface area contributed by atoms with Gasteiger partial charge in [0.25, 0.3) is 0 Å². The van der Waals surface area contributed by atoms with Crippen molar-refractivity contribution in [1.29, 1.82) is 0 Å². The van der Waals surface area contributed by atoms with Gasteiger partial charge in [-0.1, -0.05) is 130 Å². The Morgan fingerprint density at radius 3 is 1.35 bits per heavy atom. The van der Waals surface area contributed by atoms with Gasteiger partial charge < -0.3 is 0 Å². The minimum atomic E-state index is 0.964. The number of rotatable bonds is 1. The third-order valence-electron chi connectivity index (χ3n) is 6.35. The fourth-order valence-electron chi connectivity index (χ4n) is 4.33. The Bertz CT molecular complexity index is 244. The van der Waals surface area contributed by atoms with E-state index < -0.39 is 0 Å². The Morgan fingerprint density at radius 2 is 0.870 bits per heavy atom. The third kappa shape index (κ3) is 12.1. The van der Waals surface area contributed by atoms with Crippen molar-refractivity contribution in [1.82, 2.24) is 0 Å². The van der Waals surface area contributed by atoms with Gasteiger partial charge >= 0.3 is 0 Å². The summed E-state index contributed by atoms with van der Waals surface area (Å²) in [7, 11) is 0. The van der Waals surface area contributed by atoms with Crippen molar-refractivity contribution >= 4 is 0 Å². The van der Waals surface area contributed by atoms with Crippen molar-refractivity contribution in [3.8, 4) is 0 Å². The summed E-state index contributed by atoms with van der Waals surface area (Å²) in [4.78, 5) is 0. The molecule has 0 aromatic carbocycles. The minimum Gasteiger partial charge on any atom is -0.0651 e. The Labute approximate surface area is 148 Å². The normalized spacial score (nSPS) is 31.7. The molecule has 0 heteroatoms. The molecule has 1 saturated carbocycles. The predicted octanol–water partition coefficient (Wildman–Crippen LogP) is 8.54. The molecule has 23 heavy (non-hydrogen) atoms. The summed E-state index contributed by atoms with van der Waals surface area (Å²) in [5.41, 5.74) is 0. The molecule has 0 aromatic rings. The van der Waals surface area contributed by atoms with Gasteiger partial charge in [0.05, 0.1) is 0 Å². The van der Waals surface area contributed by atoms with Gasteiger partial charge in [-0.3, -0.25) is 0 Å². The second kappa shape index (κ2) is 14.4. The molecule has 0 nitrogen and oxygen atoms in total. The molecule has 1 rings (SSSR count). The van der Waals surface area contributed by atoms with Crippen LogP contribution in [0, 0.1) is 17.8 Å². The average Bonchev–Trinajstić information content (AvgIpc) is 2.55. The van der Waals surface area contributed by atoms with E-state index in [4.69, 9.17) is 0 Å². The lowest BCUT2D eigenvalue weighted by molar-refractivity contribution is 0.352. The van der Waals surface area contributed by atoms with Gasteiger partial charge in [0.2, 0.25) is 0 Å². The van der Waals surface area contributed by atoms with Crippen molar-refractivity contribution in [3.63, 3.8) is 0 Å². The van der Waals surface area contributed by atoms with Crippen LogP contribution in [0.5, 0.6) is 0 Å². The maximum absolute atomic E-state index is 2.50. The summed E-state index contributed by atoms with van der Waals surface area (Å²) in [6.07, 6.45) is 25.2. The van der Waals surface area contributed by atoms with Crippen LogP contribution in [0.25, 0.3) is 0 Å². The summed E-state index contributed by atoms with van der Waals surface area (Å²) < 4.78 is 0. The van der Waals surface area contributed by atoms with Crippen molar-refractivity contribution in [2.75, 3.05) is 0 Å². The van der Waals surface area contributed by atoms with Crippen LogP contribution in [0.4, 0.5) is 0 Å². The first-order valence-electron chi connectivity index (χ1n) is 11.2. The predicted molar refractivity (Wildman–Crippen MR) is 106 cm³/mol. The zero-order valence-electron chi connectivity index (χ0n) is 16.8. The second-order valence-electron chi connectivity index (χ2n) is 8.75. The molecule has 1 fully saturated rings. The quantitative estimate of drug-likeness (QED) is 0.453. The zero-order valence-corrected chi connectivity index (χ0v) is 16.8. The average molecular weight is 323 g/mol. The van der Waals surface area contributed by atoms with Gasteiger partial charge in [-0.25, -0.2) is 0 Å². The lowest BCUT2D eigenvalue weighted by Gasteiger charge is -2.18. The molecule has 3 atom stereocenters. The fraction of sp³-hybridized carbons (Fsp3) is 1.00. The molecule has 138 valence electrons. The molecular formula is C23H46. The lowest BCUT2D eigenvalue weighted by atomic mass is 9.88. The van der Waals surface area contributed by atoms with Crippen molar-refractivity contribution in [2.24, 2.45) is 17.8 Å². The van der Waals surface area contributed by atoms with Gasteiger partial charge in [-0.05, 0) is 17.8 Å². The highest BCUT2D eigenvalue weighted by Crippen LogP contribution is 2.25. The summed E-state index contributed by atoms with van der Waals surface area (Å²) in [6, 6.07) is 0. The molecule has 0 radical (unpaired) electrons. The SMILES string of the molecule is CCC1CCCCCCCC(C)CCCCCCCC(C)CC1. The van der Waals surface area contributed by atoms with Crippen LogP contribution in [0.3, 0.4) is 0 Å². The monoisotopic (exact) mass is 322 g/mol. The number of hydrogen-bond acceptors (Lipinski definition) is 0. The van der Waals surface area contributed by atoms with E-state index in [1.807, 2.05) is 0 Å². The standard InChI is InChI=1S/C23H46/c1-4-23-18-14-10-6-9-12-16-21(2)15-11-7-5-8-13-17-22(3)19-20-23/h21-23H,4-20H2,1-3H3. The van der Waals surface area contributed by atoms with Gasteiger partial charge in [0.15, 0.2) is 0 Å². The maximum atomic E-state index is 2.50. The van der Waals surface area contributed by atoms with Crippen LogP contribution in [-0.2, 0) is 0 Å². The summed E-state index contributed by atoms with van der Waals surface area (Å²) in [6.45, 7) is 7.39. The molecule has 1 aliphatic rings.